The number of ether oxygens (including phenoxy) is 2. The third kappa shape index (κ3) is 6.49. The van der Waals surface area contributed by atoms with Gasteiger partial charge in [-0.25, -0.2) is 8.42 Å². The molecule has 0 aliphatic carbocycles. The highest BCUT2D eigenvalue weighted by Crippen LogP contribution is 2.25. The van der Waals surface area contributed by atoms with Crippen LogP contribution in [0, 0.1) is 0 Å². The number of anilines is 1. The summed E-state index contributed by atoms with van der Waals surface area (Å²) in [6.45, 7) is 3.76. The number of benzene rings is 3. The lowest BCUT2D eigenvalue weighted by molar-refractivity contribution is -0.119. The maximum absolute atomic E-state index is 13.3. The summed E-state index contributed by atoms with van der Waals surface area (Å²) in [5.74, 6) is 0.868. The second kappa shape index (κ2) is 10.9. The van der Waals surface area contributed by atoms with Gasteiger partial charge in [-0.3, -0.25) is 9.10 Å². The van der Waals surface area contributed by atoms with E-state index in [1.54, 1.807) is 42.5 Å². The molecule has 0 aliphatic rings. The van der Waals surface area contributed by atoms with Crippen LogP contribution in [0.5, 0.6) is 11.5 Å². The Morgan fingerprint density at radius 3 is 2.27 bits per heavy atom. The van der Waals surface area contributed by atoms with Crippen molar-refractivity contribution in [1.29, 1.82) is 0 Å². The van der Waals surface area contributed by atoms with Crippen LogP contribution in [0.2, 0.25) is 0 Å². The van der Waals surface area contributed by atoms with Crippen LogP contribution in [0.3, 0.4) is 0 Å². The molecule has 3 aromatic rings. The van der Waals surface area contributed by atoms with Crippen molar-refractivity contribution in [3.05, 3.63) is 84.4 Å². The van der Waals surface area contributed by atoms with Crippen molar-refractivity contribution >= 4 is 21.6 Å². The van der Waals surface area contributed by atoms with Gasteiger partial charge in [-0.1, -0.05) is 30.3 Å². The Kier molecular flexibility index (Phi) is 7.95. The number of carbonyl (C=O) groups excluding carboxylic acids is 1. The molecule has 1 N–H and O–H groups in total. The summed E-state index contributed by atoms with van der Waals surface area (Å²) in [6.07, 6.45) is 0.0380. The van der Waals surface area contributed by atoms with Crippen LogP contribution >= 0.6 is 0 Å². The summed E-state index contributed by atoms with van der Waals surface area (Å²) in [6, 6.07) is 22.0. The third-order valence-electron chi connectivity index (χ3n) is 4.74. The van der Waals surface area contributed by atoms with E-state index in [9.17, 15) is 13.2 Å². The molecule has 33 heavy (non-hydrogen) atoms. The van der Waals surface area contributed by atoms with E-state index in [2.05, 4.69) is 5.32 Å². The fraction of sp³-hybridized carbons (Fsp3) is 0.240. The van der Waals surface area contributed by atoms with E-state index in [1.165, 1.54) is 19.2 Å². The van der Waals surface area contributed by atoms with Gasteiger partial charge in [-0.2, -0.15) is 0 Å². The molecule has 3 aromatic carbocycles. The minimum absolute atomic E-state index is 0.0380. The molecule has 0 radical (unpaired) electrons. The topological polar surface area (TPSA) is 84.9 Å². The number of rotatable bonds is 10. The minimum atomic E-state index is -3.96. The zero-order chi connectivity index (χ0) is 23.8. The first-order valence-corrected chi connectivity index (χ1v) is 12.0. The zero-order valence-corrected chi connectivity index (χ0v) is 19.7. The highest BCUT2D eigenvalue weighted by Gasteiger charge is 2.27. The van der Waals surface area contributed by atoms with Crippen molar-refractivity contribution in [2.75, 3.05) is 18.0 Å². The van der Waals surface area contributed by atoms with Crippen molar-refractivity contribution in [3.8, 4) is 11.5 Å². The van der Waals surface area contributed by atoms with E-state index >= 15 is 0 Å². The predicted octanol–water partition coefficient (Wildman–Crippen LogP) is 3.99. The minimum Gasteiger partial charge on any atom is -0.497 e. The average Bonchev–Trinajstić information content (AvgIpc) is 2.81. The lowest BCUT2D eigenvalue weighted by Gasteiger charge is -2.24. The number of carbonyl (C=O) groups is 1. The number of amides is 1. The van der Waals surface area contributed by atoms with Gasteiger partial charge in [0.2, 0.25) is 5.91 Å². The number of hydrogen-bond acceptors (Lipinski definition) is 5. The Morgan fingerprint density at radius 2 is 1.64 bits per heavy atom. The number of methoxy groups -OCH3 is 1. The number of nitrogens with one attached hydrogen (secondary N) is 1. The quantitative estimate of drug-likeness (QED) is 0.486. The van der Waals surface area contributed by atoms with E-state index in [4.69, 9.17) is 9.47 Å². The van der Waals surface area contributed by atoms with Crippen molar-refractivity contribution in [1.82, 2.24) is 5.32 Å². The Balaban J connectivity index is 1.79. The fourth-order valence-electron chi connectivity index (χ4n) is 3.17. The summed E-state index contributed by atoms with van der Waals surface area (Å²) in [5.41, 5.74) is 1.21. The van der Waals surface area contributed by atoms with Gasteiger partial charge in [0.25, 0.3) is 10.0 Å². The Morgan fingerprint density at radius 1 is 0.939 bits per heavy atom. The van der Waals surface area contributed by atoms with Crippen molar-refractivity contribution in [3.63, 3.8) is 0 Å². The van der Waals surface area contributed by atoms with E-state index < -0.39 is 15.9 Å². The summed E-state index contributed by atoms with van der Waals surface area (Å²) in [5, 5.41) is 2.80. The molecule has 0 fully saturated rings. The second-order valence-corrected chi connectivity index (χ2v) is 9.48. The molecule has 0 unspecified atom stereocenters. The van der Waals surface area contributed by atoms with Gasteiger partial charge in [0.15, 0.2) is 0 Å². The largest absolute Gasteiger partial charge is 0.497 e. The fourth-order valence-corrected chi connectivity index (χ4v) is 4.61. The molecule has 0 bridgehead atoms. The molecule has 0 saturated heterocycles. The van der Waals surface area contributed by atoms with Gasteiger partial charge in [-0.05, 0) is 67.9 Å². The summed E-state index contributed by atoms with van der Waals surface area (Å²) in [7, 11) is -2.43. The first-order chi connectivity index (χ1) is 15.8. The number of nitrogens with zero attached hydrogens (tertiary/aromatic N) is 1. The Hall–Kier alpha value is -3.52. The molecule has 8 heteroatoms. The maximum atomic E-state index is 13.3. The maximum Gasteiger partial charge on any atom is 0.264 e. The SMILES string of the molecule is COc1ccc(N(CC(=O)NCc2cccc(OC(C)C)c2)S(=O)(=O)c2ccccc2)cc1. The standard InChI is InChI=1S/C25H28N2O5S/c1-19(2)32-23-9-7-8-20(16-23)17-26-25(28)18-27(21-12-14-22(31-3)15-13-21)33(29,30)24-10-5-4-6-11-24/h4-16,19H,17-18H2,1-3H3,(H,26,28). The highest BCUT2D eigenvalue weighted by molar-refractivity contribution is 7.92. The van der Waals surface area contributed by atoms with Gasteiger partial charge in [0.05, 0.1) is 23.8 Å². The highest BCUT2D eigenvalue weighted by atomic mass is 32.2. The van der Waals surface area contributed by atoms with Gasteiger partial charge < -0.3 is 14.8 Å². The third-order valence-corrected chi connectivity index (χ3v) is 6.53. The summed E-state index contributed by atoms with van der Waals surface area (Å²) < 4.78 is 38.6. The van der Waals surface area contributed by atoms with Crippen molar-refractivity contribution in [2.45, 2.75) is 31.4 Å². The molecule has 3 rings (SSSR count). The molecule has 0 spiro atoms. The van der Waals surface area contributed by atoms with Crippen LogP contribution < -0.4 is 19.1 Å². The van der Waals surface area contributed by atoms with Crippen LogP contribution in [0.4, 0.5) is 5.69 Å². The lowest BCUT2D eigenvalue weighted by atomic mass is 10.2. The Labute approximate surface area is 195 Å². The predicted molar refractivity (Wildman–Crippen MR) is 128 cm³/mol. The van der Waals surface area contributed by atoms with E-state index in [-0.39, 0.29) is 24.1 Å². The van der Waals surface area contributed by atoms with E-state index in [0.717, 1.165) is 9.87 Å². The second-order valence-electron chi connectivity index (χ2n) is 7.61. The smallest absolute Gasteiger partial charge is 0.264 e. The molecule has 1 amide bonds. The molecule has 0 aromatic heterocycles. The molecular weight excluding hydrogens is 440 g/mol. The average molecular weight is 469 g/mol. The molecule has 7 nitrogen and oxygen atoms in total. The normalized spacial score (nSPS) is 11.2. The molecule has 0 heterocycles. The van der Waals surface area contributed by atoms with E-state index in [0.29, 0.717) is 17.2 Å². The van der Waals surface area contributed by atoms with E-state index in [1.807, 2.05) is 38.1 Å². The van der Waals surface area contributed by atoms with Gasteiger partial charge in [0, 0.05) is 6.54 Å². The summed E-state index contributed by atoms with van der Waals surface area (Å²) in [4.78, 5) is 12.9. The van der Waals surface area contributed by atoms with Crippen molar-refractivity contribution < 1.29 is 22.7 Å². The molecule has 0 aliphatic heterocycles. The monoisotopic (exact) mass is 468 g/mol. The number of sulfonamides is 1. The molecule has 174 valence electrons. The lowest BCUT2D eigenvalue weighted by Crippen LogP contribution is -2.40. The van der Waals surface area contributed by atoms with Crippen LogP contribution in [0.1, 0.15) is 19.4 Å². The molecule has 0 saturated carbocycles. The van der Waals surface area contributed by atoms with Crippen LogP contribution in [0.25, 0.3) is 0 Å². The molecular formula is C25H28N2O5S. The molecule has 0 atom stereocenters. The Bertz CT molecular complexity index is 1160. The first kappa shape index (κ1) is 24.1. The number of hydrogen-bond donors (Lipinski definition) is 1. The van der Waals surface area contributed by atoms with Gasteiger partial charge in [0.1, 0.15) is 18.0 Å². The van der Waals surface area contributed by atoms with Crippen LogP contribution in [-0.2, 0) is 21.4 Å². The van der Waals surface area contributed by atoms with Gasteiger partial charge in [-0.15, -0.1) is 0 Å². The first-order valence-electron chi connectivity index (χ1n) is 10.5. The summed E-state index contributed by atoms with van der Waals surface area (Å²) >= 11 is 0. The van der Waals surface area contributed by atoms with Gasteiger partial charge >= 0.3 is 0 Å². The zero-order valence-electron chi connectivity index (χ0n) is 18.9. The van der Waals surface area contributed by atoms with Crippen LogP contribution in [0.15, 0.2) is 83.8 Å². The van der Waals surface area contributed by atoms with Crippen LogP contribution in [-0.4, -0.2) is 34.1 Å². The van der Waals surface area contributed by atoms with Crippen molar-refractivity contribution in [2.24, 2.45) is 0 Å².